The van der Waals surface area contributed by atoms with Crippen LogP contribution < -0.4 is 11.1 Å². The van der Waals surface area contributed by atoms with Crippen molar-refractivity contribution in [3.8, 4) is 11.3 Å². The van der Waals surface area contributed by atoms with Crippen molar-refractivity contribution in [2.75, 3.05) is 0 Å². The molecule has 0 bridgehead atoms. The van der Waals surface area contributed by atoms with Crippen LogP contribution in [0.1, 0.15) is 21.5 Å². The summed E-state index contributed by atoms with van der Waals surface area (Å²) in [6.07, 6.45) is 1.98. The first-order chi connectivity index (χ1) is 15.6. The van der Waals surface area contributed by atoms with Crippen LogP contribution in [0.2, 0.25) is 0 Å². The highest BCUT2D eigenvalue weighted by Gasteiger charge is 2.11. The second-order valence-corrected chi connectivity index (χ2v) is 8.62. The minimum atomic E-state index is -0.111. The van der Waals surface area contributed by atoms with Crippen molar-refractivity contribution in [2.24, 2.45) is 5.73 Å². The molecule has 0 fully saturated rings. The molecule has 6 heteroatoms. The molecular formula is C26H21BrN4O. The Hall–Kier alpha value is -3.48. The lowest BCUT2D eigenvalue weighted by Gasteiger charge is -2.08. The topological polar surface area (TPSA) is 83.8 Å². The molecule has 0 atom stereocenters. The van der Waals surface area contributed by atoms with Crippen molar-refractivity contribution in [1.29, 1.82) is 0 Å². The number of rotatable bonds is 5. The fourth-order valence-corrected chi connectivity index (χ4v) is 4.16. The molecule has 0 radical (unpaired) electrons. The van der Waals surface area contributed by atoms with Crippen LogP contribution in [-0.4, -0.2) is 15.9 Å². The van der Waals surface area contributed by atoms with Gasteiger partial charge in [0.2, 0.25) is 0 Å². The fourth-order valence-electron chi connectivity index (χ4n) is 3.80. The smallest absolute Gasteiger partial charge is 0.251 e. The molecular weight excluding hydrogens is 464 g/mol. The standard InChI is InChI=1S/C26H21BrN4O/c27-20-7-10-24-21(12-20)22(15-29-24)25-9-5-18-11-19(6-8-23(18)31-25)26(32)30-14-17-3-1-16(13-28)2-4-17/h1-12,15,29H,13-14,28H2,(H,30,32). The molecule has 5 rings (SSSR count). The number of nitrogens with zero attached hydrogens (tertiary/aromatic N) is 1. The highest BCUT2D eigenvalue weighted by atomic mass is 79.9. The number of pyridine rings is 1. The minimum absolute atomic E-state index is 0.111. The Bertz CT molecular complexity index is 1440. The quantitative estimate of drug-likeness (QED) is 0.306. The van der Waals surface area contributed by atoms with Gasteiger partial charge in [-0.2, -0.15) is 0 Å². The summed E-state index contributed by atoms with van der Waals surface area (Å²) in [6, 6.07) is 23.7. The molecule has 0 aliphatic rings. The van der Waals surface area contributed by atoms with E-state index in [1.807, 2.05) is 72.9 Å². The van der Waals surface area contributed by atoms with Gasteiger partial charge < -0.3 is 16.0 Å². The highest BCUT2D eigenvalue weighted by molar-refractivity contribution is 9.10. The molecule has 5 aromatic rings. The van der Waals surface area contributed by atoms with Gasteiger partial charge in [-0.05, 0) is 53.6 Å². The van der Waals surface area contributed by atoms with Crippen LogP contribution in [-0.2, 0) is 13.1 Å². The number of halogens is 1. The zero-order valence-electron chi connectivity index (χ0n) is 17.2. The van der Waals surface area contributed by atoms with E-state index in [-0.39, 0.29) is 5.91 Å². The van der Waals surface area contributed by atoms with Gasteiger partial charge in [0.05, 0.1) is 11.2 Å². The summed E-state index contributed by atoms with van der Waals surface area (Å²) in [5, 5.41) is 5.02. The Balaban J connectivity index is 1.37. The van der Waals surface area contributed by atoms with Crippen LogP contribution in [0, 0.1) is 0 Å². The van der Waals surface area contributed by atoms with Gasteiger partial charge in [0, 0.05) is 51.2 Å². The largest absolute Gasteiger partial charge is 0.360 e. The molecule has 0 aliphatic carbocycles. The Morgan fingerprint density at radius 2 is 1.78 bits per heavy atom. The first-order valence-corrected chi connectivity index (χ1v) is 11.1. The molecule has 2 heterocycles. The highest BCUT2D eigenvalue weighted by Crippen LogP contribution is 2.30. The van der Waals surface area contributed by atoms with E-state index in [2.05, 4.69) is 32.3 Å². The number of carbonyl (C=O) groups is 1. The lowest BCUT2D eigenvalue weighted by atomic mass is 10.1. The summed E-state index contributed by atoms with van der Waals surface area (Å²) < 4.78 is 1.03. The Labute approximate surface area is 193 Å². The number of aromatic amines is 1. The van der Waals surface area contributed by atoms with Crippen molar-refractivity contribution in [3.05, 3.63) is 100 Å². The Morgan fingerprint density at radius 1 is 0.969 bits per heavy atom. The number of hydrogen-bond donors (Lipinski definition) is 3. The fraction of sp³-hybridized carbons (Fsp3) is 0.0769. The van der Waals surface area contributed by atoms with E-state index in [1.165, 1.54) is 0 Å². The van der Waals surface area contributed by atoms with Gasteiger partial charge in [-0.15, -0.1) is 0 Å². The third-order valence-corrected chi connectivity index (χ3v) is 6.08. The third kappa shape index (κ3) is 4.02. The Morgan fingerprint density at radius 3 is 2.59 bits per heavy atom. The average Bonchev–Trinajstić information content (AvgIpc) is 3.25. The van der Waals surface area contributed by atoms with E-state index in [0.717, 1.165) is 48.7 Å². The van der Waals surface area contributed by atoms with Crippen LogP contribution in [0.25, 0.3) is 33.1 Å². The molecule has 0 spiro atoms. The van der Waals surface area contributed by atoms with E-state index in [0.29, 0.717) is 18.7 Å². The monoisotopic (exact) mass is 484 g/mol. The normalized spacial score (nSPS) is 11.2. The van der Waals surface area contributed by atoms with Crippen LogP contribution in [0.4, 0.5) is 0 Å². The first kappa shape index (κ1) is 20.4. The lowest BCUT2D eigenvalue weighted by molar-refractivity contribution is 0.0951. The summed E-state index contributed by atoms with van der Waals surface area (Å²) >= 11 is 3.54. The van der Waals surface area contributed by atoms with Gasteiger partial charge in [0.25, 0.3) is 5.91 Å². The molecule has 4 N–H and O–H groups in total. The van der Waals surface area contributed by atoms with E-state index >= 15 is 0 Å². The number of hydrogen-bond acceptors (Lipinski definition) is 3. The van der Waals surface area contributed by atoms with Crippen LogP contribution in [0.3, 0.4) is 0 Å². The van der Waals surface area contributed by atoms with Gasteiger partial charge >= 0.3 is 0 Å². The predicted octanol–water partition coefficient (Wildman–Crippen LogP) is 5.53. The number of fused-ring (bicyclic) bond motifs is 2. The molecule has 5 nitrogen and oxygen atoms in total. The second-order valence-electron chi connectivity index (χ2n) is 7.70. The van der Waals surface area contributed by atoms with Crippen molar-refractivity contribution in [2.45, 2.75) is 13.1 Å². The molecule has 3 aromatic carbocycles. The number of aromatic nitrogens is 2. The van der Waals surface area contributed by atoms with Gasteiger partial charge in [-0.25, -0.2) is 4.98 Å². The van der Waals surface area contributed by atoms with Gasteiger partial charge in [-0.1, -0.05) is 46.3 Å². The summed E-state index contributed by atoms with van der Waals surface area (Å²) in [4.78, 5) is 20.8. The molecule has 2 aromatic heterocycles. The maximum Gasteiger partial charge on any atom is 0.251 e. The van der Waals surface area contributed by atoms with Crippen molar-refractivity contribution < 1.29 is 4.79 Å². The van der Waals surface area contributed by atoms with Crippen molar-refractivity contribution in [3.63, 3.8) is 0 Å². The zero-order chi connectivity index (χ0) is 22.1. The first-order valence-electron chi connectivity index (χ1n) is 10.3. The zero-order valence-corrected chi connectivity index (χ0v) is 18.8. The molecule has 32 heavy (non-hydrogen) atoms. The molecule has 0 aliphatic heterocycles. The average molecular weight is 485 g/mol. The maximum atomic E-state index is 12.7. The van der Waals surface area contributed by atoms with Crippen molar-refractivity contribution in [1.82, 2.24) is 15.3 Å². The summed E-state index contributed by atoms with van der Waals surface area (Å²) in [5.41, 5.74) is 12.2. The molecule has 0 saturated carbocycles. The van der Waals surface area contributed by atoms with Gasteiger partial charge in [0.1, 0.15) is 0 Å². The Kier molecular flexibility index (Phi) is 5.47. The SMILES string of the molecule is NCc1ccc(CNC(=O)c2ccc3nc(-c4c[nH]c5ccc(Br)cc45)ccc3c2)cc1. The van der Waals surface area contributed by atoms with Crippen LogP contribution in [0.15, 0.2) is 83.5 Å². The van der Waals surface area contributed by atoms with Gasteiger partial charge in [0.15, 0.2) is 0 Å². The number of benzene rings is 3. The van der Waals surface area contributed by atoms with Crippen LogP contribution >= 0.6 is 15.9 Å². The summed E-state index contributed by atoms with van der Waals surface area (Å²) in [6.45, 7) is 0.979. The predicted molar refractivity (Wildman–Crippen MR) is 132 cm³/mol. The third-order valence-electron chi connectivity index (χ3n) is 5.58. The number of H-pyrrole nitrogens is 1. The minimum Gasteiger partial charge on any atom is -0.360 e. The van der Waals surface area contributed by atoms with Crippen molar-refractivity contribution >= 4 is 43.6 Å². The summed E-state index contributed by atoms with van der Waals surface area (Å²) in [7, 11) is 0. The molecule has 0 unspecified atom stereocenters. The second kappa shape index (κ2) is 8.57. The molecule has 0 saturated heterocycles. The van der Waals surface area contributed by atoms with E-state index in [1.54, 1.807) is 0 Å². The van der Waals surface area contributed by atoms with E-state index in [9.17, 15) is 4.79 Å². The number of nitrogens with two attached hydrogens (primary N) is 1. The van der Waals surface area contributed by atoms with Gasteiger partial charge in [-0.3, -0.25) is 4.79 Å². The number of nitrogens with one attached hydrogen (secondary N) is 2. The molecule has 1 amide bonds. The van der Waals surface area contributed by atoms with E-state index < -0.39 is 0 Å². The molecule has 158 valence electrons. The number of carbonyl (C=O) groups excluding carboxylic acids is 1. The lowest BCUT2D eigenvalue weighted by Crippen LogP contribution is -2.22. The number of amides is 1. The maximum absolute atomic E-state index is 12.7. The van der Waals surface area contributed by atoms with Crippen LogP contribution in [0.5, 0.6) is 0 Å². The summed E-state index contributed by atoms with van der Waals surface area (Å²) in [5.74, 6) is -0.111. The van der Waals surface area contributed by atoms with E-state index in [4.69, 9.17) is 10.7 Å².